The first-order valence-electron chi connectivity index (χ1n) is 8.95. The summed E-state index contributed by atoms with van der Waals surface area (Å²) in [5.74, 6) is -2.29. The van der Waals surface area contributed by atoms with E-state index in [1.165, 1.54) is 0 Å². The number of amides is 2. The van der Waals surface area contributed by atoms with Gasteiger partial charge >= 0.3 is 5.97 Å². The molecule has 0 spiro atoms. The largest absolute Gasteiger partial charge is 0.480 e. The number of carbonyl (C=O) groups is 3. The van der Waals surface area contributed by atoms with Gasteiger partial charge in [0.2, 0.25) is 11.8 Å². The number of fused-ring (bicyclic) bond motifs is 1. The van der Waals surface area contributed by atoms with Crippen molar-refractivity contribution in [3.8, 4) is 0 Å². The lowest BCUT2D eigenvalue weighted by Gasteiger charge is -2.25. The van der Waals surface area contributed by atoms with Crippen molar-refractivity contribution in [1.82, 2.24) is 15.6 Å². The Labute approximate surface area is 157 Å². The average molecular weight is 374 g/mol. The summed E-state index contributed by atoms with van der Waals surface area (Å²) in [6.45, 7) is 3.47. The molecule has 6 N–H and O–H groups in total. The highest BCUT2D eigenvalue weighted by Crippen LogP contribution is 2.19. The smallest absolute Gasteiger partial charge is 0.326 e. The molecule has 0 aliphatic heterocycles. The van der Waals surface area contributed by atoms with Crippen molar-refractivity contribution in [1.29, 1.82) is 0 Å². The van der Waals surface area contributed by atoms with Crippen molar-refractivity contribution >= 4 is 28.7 Å². The molecular formula is C19H26N4O4. The van der Waals surface area contributed by atoms with Crippen LogP contribution in [0.25, 0.3) is 10.9 Å². The number of aromatic nitrogens is 1. The third-order valence-electron chi connectivity index (χ3n) is 4.71. The first-order chi connectivity index (χ1) is 12.9. The number of benzene rings is 1. The first kappa shape index (κ1) is 20.4. The minimum atomic E-state index is -1.14. The molecule has 0 aliphatic carbocycles. The topological polar surface area (TPSA) is 137 Å². The number of carbonyl (C=O) groups excluding carboxylic acids is 2. The van der Waals surface area contributed by atoms with Crippen LogP contribution in [0.15, 0.2) is 30.5 Å². The van der Waals surface area contributed by atoms with E-state index >= 15 is 0 Å². The Bertz CT molecular complexity index is 817. The molecule has 3 unspecified atom stereocenters. The Morgan fingerprint density at radius 3 is 2.56 bits per heavy atom. The van der Waals surface area contributed by atoms with E-state index in [-0.39, 0.29) is 18.9 Å². The van der Waals surface area contributed by atoms with Crippen molar-refractivity contribution in [2.24, 2.45) is 11.7 Å². The lowest BCUT2D eigenvalue weighted by atomic mass is 9.97. The summed E-state index contributed by atoms with van der Waals surface area (Å²) in [4.78, 5) is 39.1. The molecule has 0 saturated carbocycles. The molecule has 0 radical (unpaired) electrons. The maximum Gasteiger partial charge on any atom is 0.326 e. The van der Waals surface area contributed by atoms with Crippen LogP contribution in [0.3, 0.4) is 0 Å². The van der Waals surface area contributed by atoms with Crippen molar-refractivity contribution in [2.45, 2.75) is 38.8 Å². The Morgan fingerprint density at radius 2 is 1.93 bits per heavy atom. The molecule has 3 atom stereocenters. The SMILES string of the molecule is CCC(C)C(NC(=O)CN)C(=O)NC(Cc1c[nH]c2ccccc12)C(=O)O. The summed E-state index contributed by atoms with van der Waals surface area (Å²) >= 11 is 0. The highest BCUT2D eigenvalue weighted by molar-refractivity contribution is 5.91. The van der Waals surface area contributed by atoms with Crippen LogP contribution < -0.4 is 16.4 Å². The van der Waals surface area contributed by atoms with Crippen LogP contribution in [0.2, 0.25) is 0 Å². The minimum absolute atomic E-state index is 0.128. The maximum atomic E-state index is 12.7. The molecule has 146 valence electrons. The lowest BCUT2D eigenvalue weighted by molar-refractivity contribution is -0.142. The number of nitrogens with two attached hydrogens (primary N) is 1. The van der Waals surface area contributed by atoms with Crippen LogP contribution in [0.5, 0.6) is 0 Å². The van der Waals surface area contributed by atoms with E-state index in [1.807, 2.05) is 38.1 Å². The van der Waals surface area contributed by atoms with Crippen molar-refractivity contribution in [2.75, 3.05) is 6.54 Å². The van der Waals surface area contributed by atoms with Gasteiger partial charge in [-0.25, -0.2) is 4.79 Å². The van der Waals surface area contributed by atoms with Crippen LogP contribution in [0.1, 0.15) is 25.8 Å². The van der Waals surface area contributed by atoms with Gasteiger partial charge in [0.05, 0.1) is 6.54 Å². The number of hydrogen-bond donors (Lipinski definition) is 5. The fraction of sp³-hybridized carbons (Fsp3) is 0.421. The van der Waals surface area contributed by atoms with E-state index in [4.69, 9.17) is 5.73 Å². The second-order valence-corrected chi connectivity index (χ2v) is 6.60. The molecule has 0 fully saturated rings. The minimum Gasteiger partial charge on any atom is -0.480 e. The monoisotopic (exact) mass is 374 g/mol. The number of rotatable bonds is 9. The van der Waals surface area contributed by atoms with E-state index in [1.54, 1.807) is 6.20 Å². The van der Waals surface area contributed by atoms with Crippen LogP contribution in [-0.4, -0.2) is 46.5 Å². The summed E-state index contributed by atoms with van der Waals surface area (Å²) in [5.41, 5.74) is 7.01. The molecule has 0 aliphatic rings. The third-order valence-corrected chi connectivity index (χ3v) is 4.71. The normalized spacial score (nSPS) is 14.3. The Morgan fingerprint density at radius 1 is 1.22 bits per heavy atom. The number of para-hydroxylation sites is 1. The Balaban J connectivity index is 2.17. The zero-order chi connectivity index (χ0) is 20.0. The first-order valence-corrected chi connectivity index (χ1v) is 8.95. The highest BCUT2D eigenvalue weighted by atomic mass is 16.4. The molecule has 1 aromatic carbocycles. The van der Waals surface area contributed by atoms with Gasteiger partial charge in [-0.05, 0) is 17.5 Å². The molecule has 2 amide bonds. The van der Waals surface area contributed by atoms with E-state index in [2.05, 4.69) is 15.6 Å². The molecule has 8 nitrogen and oxygen atoms in total. The summed E-state index contributed by atoms with van der Waals surface area (Å²) in [6, 6.07) is 5.60. The second-order valence-electron chi connectivity index (χ2n) is 6.60. The summed E-state index contributed by atoms with van der Waals surface area (Å²) < 4.78 is 0. The van der Waals surface area contributed by atoms with E-state index in [9.17, 15) is 19.5 Å². The molecular weight excluding hydrogens is 348 g/mol. The number of aliphatic carboxylic acids is 1. The van der Waals surface area contributed by atoms with Crippen LogP contribution >= 0.6 is 0 Å². The lowest BCUT2D eigenvalue weighted by Crippen LogP contribution is -2.55. The molecule has 0 bridgehead atoms. The molecule has 1 aromatic heterocycles. The number of nitrogens with one attached hydrogen (secondary N) is 3. The van der Waals surface area contributed by atoms with Gasteiger partial charge in [-0.2, -0.15) is 0 Å². The highest BCUT2D eigenvalue weighted by Gasteiger charge is 2.30. The number of carboxylic acids is 1. The Hall–Kier alpha value is -2.87. The fourth-order valence-electron chi connectivity index (χ4n) is 2.92. The van der Waals surface area contributed by atoms with Crippen LogP contribution in [0.4, 0.5) is 0 Å². The molecule has 2 rings (SSSR count). The predicted molar refractivity (Wildman–Crippen MR) is 102 cm³/mol. The van der Waals surface area contributed by atoms with Crippen LogP contribution in [-0.2, 0) is 20.8 Å². The zero-order valence-electron chi connectivity index (χ0n) is 15.5. The standard InChI is InChI=1S/C19H26N4O4/c1-3-11(2)17(23-16(24)9-20)18(25)22-15(19(26)27)8-12-10-21-14-7-5-4-6-13(12)14/h4-7,10-11,15,17,21H,3,8-9,20H2,1-2H3,(H,22,25)(H,23,24)(H,26,27). The predicted octanol–water partition coefficient (Wildman–Crippen LogP) is 0.769. The fourth-order valence-corrected chi connectivity index (χ4v) is 2.92. The van der Waals surface area contributed by atoms with Gasteiger partial charge in [-0.1, -0.05) is 38.5 Å². The van der Waals surface area contributed by atoms with Crippen LogP contribution in [0, 0.1) is 5.92 Å². The maximum absolute atomic E-state index is 12.7. The summed E-state index contributed by atoms with van der Waals surface area (Å²) in [5, 5.41) is 15.6. The molecule has 27 heavy (non-hydrogen) atoms. The summed E-state index contributed by atoms with van der Waals surface area (Å²) in [7, 11) is 0. The number of H-pyrrole nitrogens is 1. The molecule has 8 heteroatoms. The average Bonchev–Trinajstić information content (AvgIpc) is 3.07. The van der Waals surface area contributed by atoms with E-state index < -0.39 is 29.9 Å². The van der Waals surface area contributed by atoms with E-state index in [0.717, 1.165) is 16.5 Å². The van der Waals surface area contributed by atoms with Gasteiger partial charge in [0.15, 0.2) is 0 Å². The van der Waals surface area contributed by atoms with Gasteiger partial charge in [0, 0.05) is 23.5 Å². The quantitative estimate of drug-likeness (QED) is 0.441. The third kappa shape index (κ3) is 5.07. The van der Waals surface area contributed by atoms with Crippen molar-refractivity contribution in [3.05, 3.63) is 36.0 Å². The molecule has 1 heterocycles. The Kier molecular flexibility index (Phi) is 6.95. The van der Waals surface area contributed by atoms with Gasteiger partial charge in [-0.3, -0.25) is 9.59 Å². The van der Waals surface area contributed by atoms with Crippen molar-refractivity contribution in [3.63, 3.8) is 0 Å². The molecule has 0 saturated heterocycles. The number of hydrogen-bond acceptors (Lipinski definition) is 4. The number of carboxylic acid groups (broad SMARTS) is 1. The van der Waals surface area contributed by atoms with Gasteiger partial charge in [-0.15, -0.1) is 0 Å². The summed E-state index contributed by atoms with van der Waals surface area (Å²) in [6.07, 6.45) is 2.52. The van der Waals surface area contributed by atoms with Gasteiger partial charge < -0.3 is 26.5 Å². The van der Waals surface area contributed by atoms with Crippen molar-refractivity contribution < 1.29 is 19.5 Å². The van der Waals surface area contributed by atoms with Gasteiger partial charge in [0.1, 0.15) is 12.1 Å². The van der Waals surface area contributed by atoms with E-state index in [0.29, 0.717) is 6.42 Å². The zero-order valence-corrected chi connectivity index (χ0v) is 15.5. The second kappa shape index (κ2) is 9.18. The number of aromatic amines is 1. The van der Waals surface area contributed by atoms with Gasteiger partial charge in [0.25, 0.3) is 0 Å². The molecule has 2 aromatic rings.